The smallest absolute Gasteiger partial charge is 0.253 e. The fourth-order valence-corrected chi connectivity index (χ4v) is 2.54. The summed E-state index contributed by atoms with van der Waals surface area (Å²) in [7, 11) is 0. The fraction of sp³-hybridized carbons (Fsp3) is 0.471. The topological polar surface area (TPSA) is 43.8 Å². The summed E-state index contributed by atoms with van der Waals surface area (Å²) in [5.41, 5.74) is 1.43. The lowest BCUT2D eigenvalue weighted by Crippen LogP contribution is -2.48. The molecule has 0 aromatic heterocycles. The summed E-state index contributed by atoms with van der Waals surface area (Å²) >= 11 is 0. The van der Waals surface area contributed by atoms with E-state index in [9.17, 15) is 4.79 Å². The number of carbonyl (C=O) groups excluding carboxylic acids is 1. The number of hydrogen-bond acceptors (Lipinski definition) is 3. The van der Waals surface area contributed by atoms with Crippen molar-refractivity contribution in [3.63, 3.8) is 0 Å². The Labute approximate surface area is 126 Å². The van der Waals surface area contributed by atoms with E-state index in [2.05, 4.69) is 23.7 Å². The van der Waals surface area contributed by atoms with Gasteiger partial charge in [0.15, 0.2) is 0 Å². The van der Waals surface area contributed by atoms with Gasteiger partial charge in [0.25, 0.3) is 5.91 Å². The van der Waals surface area contributed by atoms with E-state index in [0.717, 1.165) is 44.7 Å². The second kappa shape index (κ2) is 7.82. The highest BCUT2D eigenvalue weighted by molar-refractivity contribution is 5.94. The van der Waals surface area contributed by atoms with Gasteiger partial charge in [0.05, 0.1) is 0 Å². The van der Waals surface area contributed by atoms with Crippen LogP contribution in [-0.2, 0) is 0 Å². The van der Waals surface area contributed by atoms with Crippen LogP contribution in [0.15, 0.2) is 24.3 Å². The first-order valence-electron chi connectivity index (χ1n) is 7.46. The van der Waals surface area contributed by atoms with Crippen molar-refractivity contribution in [2.75, 3.05) is 39.3 Å². The Balaban J connectivity index is 2.00. The molecule has 1 amide bonds. The molecule has 112 valence electrons. The predicted molar refractivity (Wildman–Crippen MR) is 83.0 cm³/mol. The number of nitrogens with zero attached hydrogens (tertiary/aromatic N) is 2. The van der Waals surface area contributed by atoms with Crippen LogP contribution in [0.5, 0.6) is 0 Å². The normalized spacial score (nSPS) is 15.4. The number of piperazine rings is 1. The van der Waals surface area contributed by atoms with Crippen molar-refractivity contribution >= 4 is 5.91 Å². The van der Waals surface area contributed by atoms with E-state index in [1.165, 1.54) is 0 Å². The Hall–Kier alpha value is -1.83. The molecular weight excluding hydrogens is 264 g/mol. The Bertz CT molecular complexity index is 537. The van der Waals surface area contributed by atoms with Crippen molar-refractivity contribution in [3.8, 4) is 11.8 Å². The Morgan fingerprint density at radius 2 is 2.05 bits per heavy atom. The molecule has 2 rings (SSSR count). The Morgan fingerprint density at radius 3 is 2.71 bits per heavy atom. The molecule has 1 saturated heterocycles. The monoisotopic (exact) mass is 286 g/mol. The minimum absolute atomic E-state index is 0.0683. The number of amides is 1. The zero-order valence-corrected chi connectivity index (χ0v) is 12.5. The Morgan fingerprint density at radius 1 is 1.29 bits per heavy atom. The summed E-state index contributed by atoms with van der Waals surface area (Å²) < 4.78 is 0. The van der Waals surface area contributed by atoms with Gasteiger partial charge in [0.1, 0.15) is 6.61 Å². The quantitative estimate of drug-likeness (QED) is 0.849. The minimum Gasteiger partial charge on any atom is -0.384 e. The maximum Gasteiger partial charge on any atom is 0.253 e. The molecule has 21 heavy (non-hydrogen) atoms. The van der Waals surface area contributed by atoms with E-state index < -0.39 is 0 Å². The molecular formula is C17H22N2O2. The van der Waals surface area contributed by atoms with Gasteiger partial charge in [-0.15, -0.1) is 0 Å². The van der Waals surface area contributed by atoms with Crippen LogP contribution < -0.4 is 0 Å². The molecule has 0 saturated carbocycles. The van der Waals surface area contributed by atoms with Gasteiger partial charge < -0.3 is 10.0 Å². The average Bonchev–Trinajstić information content (AvgIpc) is 2.53. The summed E-state index contributed by atoms with van der Waals surface area (Å²) in [5, 5.41) is 8.73. The lowest BCUT2D eigenvalue weighted by Gasteiger charge is -2.34. The van der Waals surface area contributed by atoms with Gasteiger partial charge in [0, 0.05) is 37.3 Å². The zero-order valence-electron chi connectivity index (χ0n) is 12.5. The van der Waals surface area contributed by atoms with Crippen LogP contribution >= 0.6 is 0 Å². The first-order valence-corrected chi connectivity index (χ1v) is 7.46. The second-order valence-corrected chi connectivity index (χ2v) is 5.17. The molecule has 0 bridgehead atoms. The fourth-order valence-electron chi connectivity index (χ4n) is 2.54. The molecule has 1 N–H and O–H groups in total. The van der Waals surface area contributed by atoms with Crippen molar-refractivity contribution in [1.82, 2.24) is 9.80 Å². The molecule has 1 heterocycles. The highest BCUT2D eigenvalue weighted by Gasteiger charge is 2.21. The van der Waals surface area contributed by atoms with Crippen LogP contribution in [0.3, 0.4) is 0 Å². The van der Waals surface area contributed by atoms with Crippen molar-refractivity contribution < 1.29 is 9.90 Å². The third-order valence-electron chi connectivity index (χ3n) is 3.62. The van der Waals surface area contributed by atoms with Gasteiger partial charge in [-0.3, -0.25) is 9.69 Å². The summed E-state index contributed by atoms with van der Waals surface area (Å²) in [6.07, 6.45) is 1.15. The van der Waals surface area contributed by atoms with Crippen LogP contribution in [0.2, 0.25) is 0 Å². The van der Waals surface area contributed by atoms with Gasteiger partial charge in [-0.25, -0.2) is 0 Å². The summed E-state index contributed by atoms with van der Waals surface area (Å²) in [6, 6.07) is 7.30. The molecule has 0 aliphatic carbocycles. The SMILES string of the molecule is CCCN1CCN(C(=O)c2cccc(C#CCO)c2)CC1. The summed E-state index contributed by atoms with van der Waals surface area (Å²) in [6.45, 7) is 6.58. The number of benzene rings is 1. The molecule has 4 heteroatoms. The summed E-state index contributed by atoms with van der Waals surface area (Å²) in [4.78, 5) is 16.8. The molecule has 1 aliphatic rings. The molecule has 1 fully saturated rings. The van der Waals surface area contributed by atoms with Crippen molar-refractivity contribution in [3.05, 3.63) is 35.4 Å². The maximum atomic E-state index is 12.5. The first-order chi connectivity index (χ1) is 10.2. The van der Waals surface area contributed by atoms with Gasteiger partial charge in [0.2, 0.25) is 0 Å². The third kappa shape index (κ3) is 4.32. The molecule has 0 atom stereocenters. The Kier molecular flexibility index (Phi) is 5.79. The molecule has 0 radical (unpaired) electrons. The van der Waals surface area contributed by atoms with E-state index in [-0.39, 0.29) is 12.5 Å². The van der Waals surface area contributed by atoms with Crippen molar-refractivity contribution in [2.45, 2.75) is 13.3 Å². The standard InChI is InChI=1S/C17H22N2O2/c1-2-8-18-9-11-19(12-10-18)17(21)16-7-3-5-15(14-16)6-4-13-20/h3,5,7,14,20H,2,8-13H2,1H3. The van der Waals surface area contributed by atoms with E-state index >= 15 is 0 Å². The third-order valence-corrected chi connectivity index (χ3v) is 3.62. The second-order valence-electron chi connectivity index (χ2n) is 5.17. The summed E-state index contributed by atoms with van der Waals surface area (Å²) in [5.74, 6) is 5.51. The predicted octanol–water partition coefficient (Wildman–Crippen LogP) is 1.20. The highest BCUT2D eigenvalue weighted by atomic mass is 16.2. The van der Waals surface area contributed by atoms with E-state index in [1.54, 1.807) is 6.07 Å². The number of aliphatic hydroxyl groups excluding tert-OH is 1. The van der Waals surface area contributed by atoms with Crippen LogP contribution in [0.25, 0.3) is 0 Å². The lowest BCUT2D eigenvalue weighted by molar-refractivity contribution is 0.0637. The molecule has 0 unspecified atom stereocenters. The average molecular weight is 286 g/mol. The highest BCUT2D eigenvalue weighted by Crippen LogP contribution is 2.11. The number of hydrogen-bond donors (Lipinski definition) is 1. The lowest BCUT2D eigenvalue weighted by atomic mass is 10.1. The molecule has 1 aromatic carbocycles. The van der Waals surface area contributed by atoms with Crippen LogP contribution in [0.4, 0.5) is 0 Å². The van der Waals surface area contributed by atoms with E-state index in [4.69, 9.17) is 5.11 Å². The van der Waals surface area contributed by atoms with Crippen LogP contribution in [0, 0.1) is 11.8 Å². The minimum atomic E-state index is -0.169. The van der Waals surface area contributed by atoms with Crippen molar-refractivity contribution in [2.24, 2.45) is 0 Å². The maximum absolute atomic E-state index is 12.5. The number of carbonyl (C=O) groups is 1. The number of rotatable bonds is 3. The van der Waals surface area contributed by atoms with Crippen LogP contribution in [0.1, 0.15) is 29.3 Å². The van der Waals surface area contributed by atoms with Gasteiger partial charge in [-0.2, -0.15) is 0 Å². The van der Waals surface area contributed by atoms with Crippen LogP contribution in [-0.4, -0.2) is 60.1 Å². The number of aliphatic hydroxyl groups is 1. The van der Waals surface area contributed by atoms with Crippen molar-refractivity contribution in [1.29, 1.82) is 0 Å². The molecule has 1 aromatic rings. The van der Waals surface area contributed by atoms with Gasteiger partial charge in [-0.05, 0) is 31.2 Å². The molecule has 4 nitrogen and oxygen atoms in total. The van der Waals surface area contributed by atoms with Gasteiger partial charge in [-0.1, -0.05) is 24.8 Å². The molecule has 0 spiro atoms. The van der Waals surface area contributed by atoms with E-state index in [1.807, 2.05) is 23.1 Å². The van der Waals surface area contributed by atoms with E-state index in [0.29, 0.717) is 5.56 Å². The largest absolute Gasteiger partial charge is 0.384 e. The first kappa shape index (κ1) is 15.6. The zero-order chi connectivity index (χ0) is 15.1. The van der Waals surface area contributed by atoms with Gasteiger partial charge >= 0.3 is 0 Å². The molecule has 1 aliphatic heterocycles.